The predicted octanol–water partition coefficient (Wildman–Crippen LogP) is 2.20. The minimum Gasteiger partial charge on any atom is -0.508 e. The van der Waals surface area contributed by atoms with Gasteiger partial charge >= 0.3 is 0 Å². The Kier molecular flexibility index (Phi) is 3.12. The summed E-state index contributed by atoms with van der Waals surface area (Å²) in [5, 5.41) is 26.1. The van der Waals surface area contributed by atoms with Gasteiger partial charge < -0.3 is 14.2 Å². The van der Waals surface area contributed by atoms with E-state index in [0.717, 1.165) is 0 Å². The smallest absolute Gasteiger partial charge is 0.233 e. The third kappa shape index (κ3) is 2.47. The highest BCUT2D eigenvalue weighted by Gasteiger charge is 2.17. The molecule has 0 fully saturated rings. The summed E-state index contributed by atoms with van der Waals surface area (Å²) in [6.45, 7) is 1.67. The van der Waals surface area contributed by atoms with E-state index in [0.29, 0.717) is 34.3 Å². The number of hydrogen-bond acceptors (Lipinski definition) is 7. The Bertz CT molecular complexity index is 829. The number of aromatic hydroxyl groups is 1. The lowest BCUT2D eigenvalue weighted by molar-refractivity contribution is 0.371. The average molecular weight is 282 g/mol. The summed E-state index contributed by atoms with van der Waals surface area (Å²) < 4.78 is 10.1. The van der Waals surface area contributed by atoms with Gasteiger partial charge in [0, 0.05) is 5.56 Å². The van der Waals surface area contributed by atoms with E-state index in [2.05, 4.69) is 15.3 Å². The van der Waals surface area contributed by atoms with E-state index in [9.17, 15) is 5.11 Å². The standard InChI is InChI=1S/C14H10N4O3/c1-8-11(7-15)12(17-20-8)6-13-16-14(18-21-13)9-3-2-4-10(19)5-9/h2-5,19H,6H2,1H3. The summed E-state index contributed by atoms with van der Waals surface area (Å²) in [5.41, 5.74) is 1.48. The molecule has 2 heterocycles. The second kappa shape index (κ2) is 5.09. The molecule has 21 heavy (non-hydrogen) atoms. The van der Waals surface area contributed by atoms with Crippen LogP contribution in [0.3, 0.4) is 0 Å². The van der Waals surface area contributed by atoms with Crippen LogP contribution in [0.5, 0.6) is 5.75 Å². The number of aryl methyl sites for hydroxylation is 1. The molecular weight excluding hydrogens is 272 g/mol. The number of benzene rings is 1. The van der Waals surface area contributed by atoms with Gasteiger partial charge in [-0.05, 0) is 19.1 Å². The third-order valence-electron chi connectivity index (χ3n) is 2.94. The topological polar surface area (TPSA) is 109 Å². The van der Waals surface area contributed by atoms with Crippen molar-refractivity contribution in [2.24, 2.45) is 0 Å². The lowest BCUT2D eigenvalue weighted by Crippen LogP contribution is -1.92. The van der Waals surface area contributed by atoms with Gasteiger partial charge in [0.2, 0.25) is 11.7 Å². The Labute approximate surface area is 119 Å². The Morgan fingerprint density at radius 3 is 2.90 bits per heavy atom. The van der Waals surface area contributed by atoms with Gasteiger partial charge in [0.25, 0.3) is 0 Å². The number of nitrogens with zero attached hydrogens (tertiary/aromatic N) is 4. The number of phenolic OH excluding ortho intramolecular Hbond substituents is 1. The average Bonchev–Trinajstić information content (AvgIpc) is 3.07. The second-order valence-corrected chi connectivity index (χ2v) is 4.41. The number of aromatic nitrogens is 3. The monoisotopic (exact) mass is 282 g/mol. The van der Waals surface area contributed by atoms with Crippen LogP contribution in [-0.4, -0.2) is 20.4 Å². The highest BCUT2D eigenvalue weighted by molar-refractivity contribution is 5.56. The molecule has 104 valence electrons. The first kappa shape index (κ1) is 12.9. The number of nitriles is 1. The molecule has 7 heteroatoms. The van der Waals surface area contributed by atoms with Crippen molar-refractivity contribution in [1.82, 2.24) is 15.3 Å². The van der Waals surface area contributed by atoms with Crippen LogP contribution in [-0.2, 0) is 6.42 Å². The first-order chi connectivity index (χ1) is 10.2. The molecule has 0 amide bonds. The van der Waals surface area contributed by atoms with Crippen LogP contribution in [0, 0.1) is 18.3 Å². The van der Waals surface area contributed by atoms with Gasteiger partial charge in [-0.15, -0.1) is 0 Å². The van der Waals surface area contributed by atoms with E-state index in [1.807, 2.05) is 6.07 Å². The molecule has 0 aliphatic heterocycles. The lowest BCUT2D eigenvalue weighted by Gasteiger charge is -1.94. The zero-order valence-corrected chi connectivity index (χ0v) is 11.1. The van der Waals surface area contributed by atoms with E-state index >= 15 is 0 Å². The van der Waals surface area contributed by atoms with Crippen LogP contribution in [0.25, 0.3) is 11.4 Å². The molecule has 0 spiro atoms. The molecule has 1 N–H and O–H groups in total. The molecule has 3 rings (SSSR count). The Morgan fingerprint density at radius 1 is 1.29 bits per heavy atom. The van der Waals surface area contributed by atoms with Crippen LogP contribution in [0.1, 0.15) is 22.9 Å². The summed E-state index contributed by atoms with van der Waals surface area (Å²) in [4.78, 5) is 4.22. The van der Waals surface area contributed by atoms with Gasteiger partial charge in [-0.3, -0.25) is 0 Å². The molecule has 0 saturated carbocycles. The Hall–Kier alpha value is -3.14. The summed E-state index contributed by atoms with van der Waals surface area (Å²) >= 11 is 0. The third-order valence-corrected chi connectivity index (χ3v) is 2.94. The van der Waals surface area contributed by atoms with E-state index in [-0.39, 0.29) is 12.2 Å². The van der Waals surface area contributed by atoms with Crippen molar-refractivity contribution in [2.45, 2.75) is 13.3 Å². The van der Waals surface area contributed by atoms with Crippen LogP contribution in [0.2, 0.25) is 0 Å². The Morgan fingerprint density at radius 2 is 2.14 bits per heavy atom. The SMILES string of the molecule is Cc1onc(Cc2nc(-c3cccc(O)c3)no2)c1C#N. The maximum Gasteiger partial charge on any atom is 0.233 e. The summed E-state index contributed by atoms with van der Waals surface area (Å²) in [6, 6.07) is 8.57. The fourth-order valence-electron chi connectivity index (χ4n) is 1.91. The molecule has 0 bridgehead atoms. The molecule has 0 atom stereocenters. The molecule has 7 nitrogen and oxygen atoms in total. The van der Waals surface area contributed by atoms with Gasteiger partial charge in [-0.1, -0.05) is 22.4 Å². The van der Waals surface area contributed by atoms with Gasteiger partial charge in [0.05, 0.1) is 6.42 Å². The zero-order chi connectivity index (χ0) is 14.8. The van der Waals surface area contributed by atoms with Crippen molar-refractivity contribution in [3.05, 3.63) is 47.2 Å². The minimum absolute atomic E-state index is 0.123. The first-order valence-electron chi connectivity index (χ1n) is 6.14. The van der Waals surface area contributed by atoms with Crippen molar-refractivity contribution in [3.8, 4) is 23.2 Å². The molecule has 0 aliphatic rings. The van der Waals surface area contributed by atoms with Crippen molar-refractivity contribution >= 4 is 0 Å². The largest absolute Gasteiger partial charge is 0.508 e. The minimum atomic E-state index is 0.123. The second-order valence-electron chi connectivity index (χ2n) is 4.41. The fourth-order valence-corrected chi connectivity index (χ4v) is 1.91. The summed E-state index contributed by atoms with van der Waals surface area (Å²) in [6.07, 6.45) is 0.214. The molecule has 0 saturated heterocycles. The van der Waals surface area contributed by atoms with Crippen LogP contribution in [0.4, 0.5) is 0 Å². The van der Waals surface area contributed by atoms with Crippen molar-refractivity contribution < 1.29 is 14.2 Å². The number of phenols is 1. The normalized spacial score (nSPS) is 10.5. The highest BCUT2D eigenvalue weighted by Crippen LogP contribution is 2.21. The number of rotatable bonds is 3. The fraction of sp³-hybridized carbons (Fsp3) is 0.143. The van der Waals surface area contributed by atoms with E-state index in [1.54, 1.807) is 25.1 Å². The van der Waals surface area contributed by atoms with Gasteiger partial charge in [-0.2, -0.15) is 10.2 Å². The Balaban J connectivity index is 1.87. The summed E-state index contributed by atoms with van der Waals surface area (Å²) in [7, 11) is 0. The summed E-state index contributed by atoms with van der Waals surface area (Å²) in [5.74, 6) is 1.26. The molecule has 2 aromatic heterocycles. The molecule has 3 aromatic rings. The maximum absolute atomic E-state index is 9.44. The molecule has 1 aromatic carbocycles. The van der Waals surface area contributed by atoms with Crippen molar-refractivity contribution in [2.75, 3.05) is 0 Å². The predicted molar refractivity (Wildman–Crippen MR) is 70.2 cm³/mol. The van der Waals surface area contributed by atoms with E-state index in [1.165, 1.54) is 6.07 Å². The van der Waals surface area contributed by atoms with E-state index < -0.39 is 0 Å². The molecule has 0 radical (unpaired) electrons. The molecule has 0 unspecified atom stereocenters. The van der Waals surface area contributed by atoms with Crippen LogP contribution in [0.15, 0.2) is 33.3 Å². The van der Waals surface area contributed by atoms with Crippen LogP contribution >= 0.6 is 0 Å². The number of hydrogen-bond donors (Lipinski definition) is 1. The first-order valence-corrected chi connectivity index (χ1v) is 6.14. The van der Waals surface area contributed by atoms with Crippen molar-refractivity contribution in [3.63, 3.8) is 0 Å². The molecule has 0 aliphatic carbocycles. The van der Waals surface area contributed by atoms with Crippen LogP contribution < -0.4 is 0 Å². The maximum atomic E-state index is 9.44. The van der Waals surface area contributed by atoms with E-state index in [4.69, 9.17) is 14.3 Å². The van der Waals surface area contributed by atoms with Gasteiger partial charge in [-0.25, -0.2) is 0 Å². The van der Waals surface area contributed by atoms with Gasteiger partial charge in [0.15, 0.2) is 5.76 Å². The van der Waals surface area contributed by atoms with Crippen molar-refractivity contribution in [1.29, 1.82) is 5.26 Å². The lowest BCUT2D eigenvalue weighted by atomic mass is 10.1. The van der Waals surface area contributed by atoms with Gasteiger partial charge in [0.1, 0.15) is 23.1 Å². The quantitative estimate of drug-likeness (QED) is 0.784. The highest BCUT2D eigenvalue weighted by atomic mass is 16.5. The molecular formula is C14H10N4O3. The zero-order valence-electron chi connectivity index (χ0n) is 11.1.